The summed E-state index contributed by atoms with van der Waals surface area (Å²) in [7, 11) is -2.11. The smallest absolute Gasteiger partial charge is 0.238 e. The number of amides is 2. The lowest BCUT2D eigenvalue weighted by Gasteiger charge is -2.15. The molecule has 0 atom stereocenters. The molecular weight excluding hydrogens is 358 g/mol. The number of ether oxygens (including phenoxy) is 1. The molecule has 0 aliphatic heterocycles. The normalized spacial score (nSPS) is 15.3. The van der Waals surface area contributed by atoms with Crippen LogP contribution in [0.2, 0.25) is 0 Å². The first-order chi connectivity index (χ1) is 12.3. The van der Waals surface area contributed by atoms with Crippen LogP contribution in [-0.4, -0.2) is 47.0 Å². The largest absolute Gasteiger partial charge is 0.385 e. The highest BCUT2D eigenvalue weighted by Crippen LogP contribution is 2.46. The van der Waals surface area contributed by atoms with Crippen LogP contribution in [0.5, 0.6) is 0 Å². The Morgan fingerprint density at radius 2 is 1.69 bits per heavy atom. The first kappa shape index (κ1) is 20.3. The van der Waals surface area contributed by atoms with E-state index in [1.807, 2.05) is 0 Å². The van der Waals surface area contributed by atoms with Gasteiger partial charge < -0.3 is 15.4 Å². The van der Waals surface area contributed by atoms with Crippen molar-refractivity contribution in [1.29, 1.82) is 0 Å². The van der Waals surface area contributed by atoms with E-state index < -0.39 is 15.4 Å². The maximum atomic E-state index is 12.3. The quantitative estimate of drug-likeness (QED) is 0.385. The summed E-state index contributed by atoms with van der Waals surface area (Å²) in [4.78, 5) is 24.6. The molecule has 26 heavy (non-hydrogen) atoms. The number of methoxy groups -OCH3 is 1. The Hall–Kier alpha value is -1.97. The number of sulfonamides is 1. The van der Waals surface area contributed by atoms with Crippen LogP contribution in [0.25, 0.3) is 0 Å². The number of carbonyl (C=O) groups excluding carboxylic acids is 2. The second-order valence-corrected chi connectivity index (χ2v) is 7.94. The molecule has 0 radical (unpaired) electrons. The minimum atomic E-state index is -3.71. The third-order valence-corrected chi connectivity index (χ3v) is 5.31. The SMILES string of the molecule is COCCCNC(=O)C1(C(=O)NCCc2ccc(S(N)(=O)=O)cc2)CC1. The van der Waals surface area contributed by atoms with Crippen molar-refractivity contribution in [1.82, 2.24) is 10.6 Å². The molecule has 1 aromatic carbocycles. The molecule has 4 N–H and O–H groups in total. The number of nitrogens with one attached hydrogen (secondary N) is 2. The maximum Gasteiger partial charge on any atom is 0.238 e. The fourth-order valence-corrected chi connectivity index (χ4v) is 3.12. The predicted molar refractivity (Wildman–Crippen MR) is 95.7 cm³/mol. The average molecular weight is 383 g/mol. The summed E-state index contributed by atoms with van der Waals surface area (Å²) in [6.45, 7) is 1.41. The molecule has 0 bridgehead atoms. The molecule has 0 spiro atoms. The van der Waals surface area contributed by atoms with E-state index in [4.69, 9.17) is 9.88 Å². The van der Waals surface area contributed by atoms with Crippen molar-refractivity contribution in [2.24, 2.45) is 10.6 Å². The second-order valence-electron chi connectivity index (χ2n) is 6.38. The van der Waals surface area contributed by atoms with Crippen LogP contribution in [0.3, 0.4) is 0 Å². The number of carbonyl (C=O) groups is 2. The van der Waals surface area contributed by atoms with Crippen LogP contribution in [0.4, 0.5) is 0 Å². The summed E-state index contributed by atoms with van der Waals surface area (Å²) < 4.78 is 27.4. The van der Waals surface area contributed by atoms with E-state index in [1.165, 1.54) is 12.1 Å². The molecule has 144 valence electrons. The molecule has 1 aliphatic rings. The predicted octanol–water partition coefficient (Wildman–Crippen LogP) is -0.0744. The topological polar surface area (TPSA) is 128 Å². The molecule has 2 rings (SSSR count). The van der Waals surface area contributed by atoms with Gasteiger partial charge in [0.1, 0.15) is 5.41 Å². The van der Waals surface area contributed by atoms with Crippen molar-refractivity contribution >= 4 is 21.8 Å². The van der Waals surface area contributed by atoms with Gasteiger partial charge in [-0.25, -0.2) is 13.6 Å². The standard InChI is InChI=1S/C17H25N3O5S/c1-25-12-2-10-19-15(21)17(8-9-17)16(22)20-11-7-13-3-5-14(6-4-13)26(18,23)24/h3-6H,2,7-12H2,1H3,(H,19,21)(H,20,22)(H2,18,23,24). The van der Waals surface area contributed by atoms with Gasteiger partial charge in [0.15, 0.2) is 0 Å². The molecule has 1 aromatic rings. The van der Waals surface area contributed by atoms with Gasteiger partial charge in [0, 0.05) is 26.8 Å². The van der Waals surface area contributed by atoms with Gasteiger partial charge in [-0.1, -0.05) is 12.1 Å². The zero-order valence-corrected chi connectivity index (χ0v) is 15.6. The molecular formula is C17H25N3O5S. The van der Waals surface area contributed by atoms with E-state index in [9.17, 15) is 18.0 Å². The van der Waals surface area contributed by atoms with E-state index in [1.54, 1.807) is 19.2 Å². The van der Waals surface area contributed by atoms with Gasteiger partial charge in [0.25, 0.3) is 0 Å². The molecule has 0 aromatic heterocycles. The Bertz CT molecular complexity index is 742. The van der Waals surface area contributed by atoms with Crippen LogP contribution >= 0.6 is 0 Å². The van der Waals surface area contributed by atoms with Gasteiger partial charge in [0.2, 0.25) is 21.8 Å². The summed E-state index contributed by atoms with van der Waals surface area (Å²) in [5.74, 6) is -0.494. The summed E-state index contributed by atoms with van der Waals surface area (Å²) in [6, 6.07) is 6.17. The third kappa shape index (κ3) is 5.26. The molecule has 1 fully saturated rings. The molecule has 0 saturated heterocycles. The van der Waals surface area contributed by atoms with Crippen LogP contribution in [-0.2, 0) is 30.8 Å². The zero-order chi connectivity index (χ0) is 19.2. The Morgan fingerprint density at radius 1 is 1.12 bits per heavy atom. The van der Waals surface area contributed by atoms with Crippen LogP contribution < -0.4 is 15.8 Å². The Kier molecular flexibility index (Phi) is 6.74. The average Bonchev–Trinajstić information content (AvgIpc) is 3.40. The highest BCUT2D eigenvalue weighted by atomic mass is 32.2. The molecule has 0 unspecified atom stereocenters. The number of rotatable bonds is 10. The van der Waals surface area contributed by atoms with Crippen molar-refractivity contribution in [3.8, 4) is 0 Å². The number of nitrogens with two attached hydrogens (primary N) is 1. The minimum Gasteiger partial charge on any atom is -0.385 e. The Balaban J connectivity index is 1.78. The van der Waals surface area contributed by atoms with Crippen molar-refractivity contribution in [2.45, 2.75) is 30.6 Å². The Morgan fingerprint density at radius 3 is 2.19 bits per heavy atom. The zero-order valence-electron chi connectivity index (χ0n) is 14.8. The third-order valence-electron chi connectivity index (χ3n) is 4.38. The lowest BCUT2D eigenvalue weighted by molar-refractivity contribution is -0.137. The molecule has 0 heterocycles. The van der Waals surface area contributed by atoms with Crippen molar-refractivity contribution in [3.05, 3.63) is 29.8 Å². The summed E-state index contributed by atoms with van der Waals surface area (Å²) in [5, 5.41) is 10.6. The van der Waals surface area contributed by atoms with Gasteiger partial charge in [-0.05, 0) is 43.4 Å². The highest BCUT2D eigenvalue weighted by molar-refractivity contribution is 7.89. The first-order valence-corrected chi connectivity index (χ1v) is 10.0. The van der Waals surface area contributed by atoms with Gasteiger partial charge >= 0.3 is 0 Å². The van der Waals surface area contributed by atoms with E-state index in [0.29, 0.717) is 45.4 Å². The van der Waals surface area contributed by atoms with E-state index >= 15 is 0 Å². The summed E-state index contributed by atoms with van der Waals surface area (Å²) in [6.07, 6.45) is 2.34. The van der Waals surface area contributed by atoms with Gasteiger partial charge in [-0.3, -0.25) is 9.59 Å². The van der Waals surface area contributed by atoms with Gasteiger partial charge in [-0.15, -0.1) is 0 Å². The monoisotopic (exact) mass is 383 g/mol. The van der Waals surface area contributed by atoms with Crippen LogP contribution in [0.1, 0.15) is 24.8 Å². The van der Waals surface area contributed by atoms with E-state index in [2.05, 4.69) is 10.6 Å². The molecule has 1 saturated carbocycles. The van der Waals surface area contributed by atoms with Crippen LogP contribution in [0.15, 0.2) is 29.2 Å². The number of hydrogen-bond acceptors (Lipinski definition) is 5. The number of hydrogen-bond donors (Lipinski definition) is 3. The first-order valence-electron chi connectivity index (χ1n) is 8.47. The minimum absolute atomic E-state index is 0.0485. The second kappa shape index (κ2) is 8.61. The number of benzene rings is 1. The molecule has 2 amide bonds. The summed E-state index contributed by atoms with van der Waals surface area (Å²) >= 11 is 0. The lowest BCUT2D eigenvalue weighted by Crippen LogP contribution is -2.44. The molecule has 1 aliphatic carbocycles. The molecule has 9 heteroatoms. The fraction of sp³-hybridized carbons (Fsp3) is 0.529. The Labute approximate surface area is 153 Å². The maximum absolute atomic E-state index is 12.3. The van der Waals surface area contributed by atoms with E-state index in [-0.39, 0.29) is 16.7 Å². The molecule has 8 nitrogen and oxygen atoms in total. The van der Waals surface area contributed by atoms with Crippen molar-refractivity contribution in [3.63, 3.8) is 0 Å². The van der Waals surface area contributed by atoms with Gasteiger partial charge in [-0.2, -0.15) is 0 Å². The summed E-state index contributed by atoms with van der Waals surface area (Å²) in [5.41, 5.74) is -0.0727. The van der Waals surface area contributed by atoms with Crippen molar-refractivity contribution < 1.29 is 22.7 Å². The van der Waals surface area contributed by atoms with E-state index in [0.717, 1.165) is 5.56 Å². The van der Waals surface area contributed by atoms with Crippen molar-refractivity contribution in [2.75, 3.05) is 26.8 Å². The van der Waals surface area contributed by atoms with Crippen LogP contribution in [0, 0.1) is 5.41 Å². The fourth-order valence-electron chi connectivity index (χ4n) is 2.61. The van der Waals surface area contributed by atoms with Gasteiger partial charge in [0.05, 0.1) is 4.90 Å². The number of primary sulfonamides is 1. The highest BCUT2D eigenvalue weighted by Gasteiger charge is 2.56. The lowest BCUT2D eigenvalue weighted by atomic mass is 10.0.